The third-order valence-corrected chi connectivity index (χ3v) is 2.10. The molecule has 1 atom stereocenters. The minimum absolute atomic E-state index is 0.0335. The number of hydrogen-bond donors (Lipinski definition) is 3. The fourth-order valence-corrected chi connectivity index (χ4v) is 1.38. The summed E-state index contributed by atoms with van der Waals surface area (Å²) in [5.41, 5.74) is -0.0335. The Kier molecular flexibility index (Phi) is 5.72. The lowest BCUT2D eigenvalue weighted by molar-refractivity contribution is -0.139. The topological polar surface area (TPSA) is 69.6 Å². The van der Waals surface area contributed by atoms with Gasteiger partial charge >= 0.3 is 5.97 Å². The summed E-state index contributed by atoms with van der Waals surface area (Å²) in [5.74, 6) is -0.965. The van der Waals surface area contributed by atoms with Crippen LogP contribution in [0.4, 0.5) is 0 Å². The first-order valence-corrected chi connectivity index (χ1v) is 5.02. The van der Waals surface area contributed by atoms with E-state index in [1.165, 1.54) is 0 Å². The standard InChI is InChI=1S/C10H21NO3/c1-4-5-10(2,3)11-7-8(12)6-9(13)14/h8,11-12H,4-7H2,1-3H3,(H,13,14). The summed E-state index contributed by atoms with van der Waals surface area (Å²) in [6.45, 7) is 6.52. The molecule has 0 heterocycles. The number of aliphatic carboxylic acids is 1. The maximum atomic E-state index is 10.3. The summed E-state index contributed by atoms with van der Waals surface area (Å²) in [6, 6.07) is 0. The third-order valence-electron chi connectivity index (χ3n) is 2.10. The van der Waals surface area contributed by atoms with Crippen LogP contribution in [0.25, 0.3) is 0 Å². The average molecular weight is 203 g/mol. The first-order valence-electron chi connectivity index (χ1n) is 5.02. The molecule has 84 valence electrons. The Balaban J connectivity index is 3.75. The van der Waals surface area contributed by atoms with E-state index in [-0.39, 0.29) is 12.0 Å². The molecule has 0 fully saturated rings. The molecule has 0 spiro atoms. The monoisotopic (exact) mass is 203 g/mol. The van der Waals surface area contributed by atoms with E-state index in [4.69, 9.17) is 5.11 Å². The Morgan fingerprint density at radius 1 is 1.50 bits per heavy atom. The van der Waals surface area contributed by atoms with Gasteiger partial charge in [0, 0.05) is 12.1 Å². The molecule has 0 rings (SSSR count). The van der Waals surface area contributed by atoms with Crippen molar-refractivity contribution in [3.8, 4) is 0 Å². The first kappa shape index (κ1) is 13.4. The van der Waals surface area contributed by atoms with Gasteiger partial charge in [-0.1, -0.05) is 13.3 Å². The number of nitrogens with one attached hydrogen (secondary N) is 1. The molecule has 0 saturated heterocycles. The molecule has 4 heteroatoms. The van der Waals surface area contributed by atoms with Gasteiger partial charge < -0.3 is 15.5 Å². The van der Waals surface area contributed by atoms with E-state index in [0.717, 1.165) is 12.8 Å². The van der Waals surface area contributed by atoms with Gasteiger partial charge in [-0.25, -0.2) is 0 Å². The molecule has 1 unspecified atom stereocenters. The van der Waals surface area contributed by atoms with Crippen molar-refractivity contribution in [3.05, 3.63) is 0 Å². The van der Waals surface area contributed by atoms with Crippen LogP contribution in [-0.4, -0.2) is 34.4 Å². The second kappa shape index (κ2) is 5.98. The molecule has 0 aromatic rings. The van der Waals surface area contributed by atoms with Crippen LogP contribution in [-0.2, 0) is 4.79 Å². The molecule has 0 bridgehead atoms. The molecule has 0 aliphatic carbocycles. The quantitative estimate of drug-likeness (QED) is 0.577. The zero-order valence-electron chi connectivity index (χ0n) is 9.21. The Labute approximate surface area is 85.3 Å². The zero-order valence-corrected chi connectivity index (χ0v) is 9.21. The smallest absolute Gasteiger partial charge is 0.306 e. The summed E-state index contributed by atoms with van der Waals surface area (Å²) >= 11 is 0. The first-order chi connectivity index (χ1) is 6.37. The largest absolute Gasteiger partial charge is 0.481 e. The molecule has 0 aromatic heterocycles. The summed E-state index contributed by atoms with van der Waals surface area (Å²) in [5, 5.41) is 20.9. The Hall–Kier alpha value is -0.610. The Morgan fingerprint density at radius 2 is 2.07 bits per heavy atom. The number of aliphatic hydroxyl groups excluding tert-OH is 1. The Bertz CT molecular complexity index is 180. The molecule has 14 heavy (non-hydrogen) atoms. The molecule has 0 radical (unpaired) electrons. The number of rotatable bonds is 7. The number of carboxylic acid groups (broad SMARTS) is 1. The summed E-state index contributed by atoms with van der Waals surface area (Å²) < 4.78 is 0. The third kappa shape index (κ3) is 6.86. The summed E-state index contributed by atoms with van der Waals surface area (Å²) in [7, 11) is 0. The predicted molar refractivity (Wildman–Crippen MR) is 55.2 cm³/mol. The van der Waals surface area contributed by atoms with Crippen molar-refractivity contribution in [2.75, 3.05) is 6.54 Å². The number of carboxylic acids is 1. The van der Waals surface area contributed by atoms with E-state index in [2.05, 4.69) is 12.2 Å². The molecule has 3 N–H and O–H groups in total. The van der Waals surface area contributed by atoms with E-state index >= 15 is 0 Å². The normalized spacial score (nSPS) is 14.0. The highest BCUT2D eigenvalue weighted by atomic mass is 16.4. The number of aliphatic hydroxyl groups is 1. The SMILES string of the molecule is CCCC(C)(C)NCC(O)CC(=O)O. The van der Waals surface area contributed by atoms with Crippen LogP contribution in [0.1, 0.15) is 40.0 Å². The van der Waals surface area contributed by atoms with E-state index in [1.54, 1.807) is 0 Å². The fraction of sp³-hybridized carbons (Fsp3) is 0.900. The van der Waals surface area contributed by atoms with Crippen LogP contribution in [0.3, 0.4) is 0 Å². The summed E-state index contributed by atoms with van der Waals surface area (Å²) in [6.07, 6.45) is 1.07. The van der Waals surface area contributed by atoms with Gasteiger partial charge in [0.05, 0.1) is 12.5 Å². The molecule has 0 aromatic carbocycles. The van der Waals surface area contributed by atoms with Crippen LogP contribution in [0.5, 0.6) is 0 Å². The molecule has 0 saturated carbocycles. The van der Waals surface area contributed by atoms with Gasteiger partial charge in [-0.15, -0.1) is 0 Å². The van der Waals surface area contributed by atoms with Crippen LogP contribution in [0.15, 0.2) is 0 Å². The van der Waals surface area contributed by atoms with Crippen molar-refractivity contribution in [2.45, 2.75) is 51.7 Å². The molecular weight excluding hydrogens is 182 g/mol. The highest BCUT2D eigenvalue weighted by Gasteiger charge is 2.18. The van der Waals surface area contributed by atoms with Crippen molar-refractivity contribution in [2.24, 2.45) is 0 Å². The minimum atomic E-state index is -0.965. The van der Waals surface area contributed by atoms with Gasteiger partial charge in [-0.05, 0) is 20.3 Å². The lowest BCUT2D eigenvalue weighted by Crippen LogP contribution is -2.43. The van der Waals surface area contributed by atoms with Gasteiger partial charge in [0.15, 0.2) is 0 Å². The lowest BCUT2D eigenvalue weighted by Gasteiger charge is -2.27. The second-order valence-corrected chi connectivity index (χ2v) is 4.27. The van der Waals surface area contributed by atoms with Crippen molar-refractivity contribution < 1.29 is 15.0 Å². The molecule has 0 aliphatic rings. The van der Waals surface area contributed by atoms with Gasteiger partial charge in [-0.3, -0.25) is 4.79 Å². The van der Waals surface area contributed by atoms with Gasteiger partial charge in [0.2, 0.25) is 0 Å². The van der Waals surface area contributed by atoms with E-state index < -0.39 is 12.1 Å². The molecular formula is C10H21NO3. The van der Waals surface area contributed by atoms with Crippen molar-refractivity contribution in [1.82, 2.24) is 5.32 Å². The average Bonchev–Trinajstić information content (AvgIpc) is 2.00. The molecule has 0 aliphatic heterocycles. The van der Waals surface area contributed by atoms with Crippen LogP contribution in [0.2, 0.25) is 0 Å². The number of carbonyl (C=O) groups is 1. The number of hydrogen-bond acceptors (Lipinski definition) is 3. The van der Waals surface area contributed by atoms with Crippen LogP contribution >= 0.6 is 0 Å². The van der Waals surface area contributed by atoms with Crippen molar-refractivity contribution >= 4 is 5.97 Å². The van der Waals surface area contributed by atoms with Crippen LogP contribution < -0.4 is 5.32 Å². The van der Waals surface area contributed by atoms with Gasteiger partial charge in [-0.2, -0.15) is 0 Å². The minimum Gasteiger partial charge on any atom is -0.481 e. The predicted octanol–water partition coefficient (Wildman–Crippen LogP) is 0.990. The maximum Gasteiger partial charge on any atom is 0.306 e. The van der Waals surface area contributed by atoms with E-state index in [0.29, 0.717) is 6.54 Å². The van der Waals surface area contributed by atoms with Crippen LogP contribution in [0, 0.1) is 0 Å². The van der Waals surface area contributed by atoms with Gasteiger partial charge in [0.1, 0.15) is 0 Å². The maximum absolute atomic E-state index is 10.3. The van der Waals surface area contributed by atoms with Crippen molar-refractivity contribution in [3.63, 3.8) is 0 Å². The van der Waals surface area contributed by atoms with E-state index in [1.807, 2.05) is 13.8 Å². The van der Waals surface area contributed by atoms with Gasteiger partial charge in [0.25, 0.3) is 0 Å². The van der Waals surface area contributed by atoms with E-state index in [9.17, 15) is 9.90 Å². The Morgan fingerprint density at radius 3 is 2.50 bits per heavy atom. The fourth-order valence-electron chi connectivity index (χ4n) is 1.38. The number of β-amino-alcohol motifs (C(OH)–C–C–N with tert-alkyl or cyclic N) is 1. The lowest BCUT2D eigenvalue weighted by atomic mass is 9.98. The van der Waals surface area contributed by atoms with Crippen molar-refractivity contribution in [1.29, 1.82) is 0 Å². The second-order valence-electron chi connectivity index (χ2n) is 4.27. The highest BCUT2D eigenvalue weighted by Crippen LogP contribution is 2.10. The summed E-state index contributed by atoms with van der Waals surface area (Å²) in [4.78, 5) is 10.3. The molecule has 0 amide bonds. The zero-order chi connectivity index (χ0) is 11.2. The molecule has 4 nitrogen and oxygen atoms in total. The highest BCUT2D eigenvalue weighted by molar-refractivity contribution is 5.67.